The van der Waals surface area contributed by atoms with Crippen molar-refractivity contribution < 1.29 is 13.9 Å². The van der Waals surface area contributed by atoms with Gasteiger partial charge in [-0.05, 0) is 42.3 Å². The summed E-state index contributed by atoms with van der Waals surface area (Å²) in [4.78, 5) is 16.1. The van der Waals surface area contributed by atoms with Crippen LogP contribution in [0.25, 0.3) is 5.65 Å². The lowest BCUT2D eigenvalue weighted by atomic mass is 10.2. The molecular formula is C20H18ClFN4O2. The zero-order valence-corrected chi connectivity index (χ0v) is 15.6. The largest absolute Gasteiger partial charge is 0.387 e. The third-order valence-corrected chi connectivity index (χ3v) is 3.66. The van der Waals surface area contributed by atoms with E-state index in [-0.39, 0.29) is 49.5 Å². The van der Waals surface area contributed by atoms with E-state index in [4.69, 9.17) is 15.9 Å². The van der Waals surface area contributed by atoms with Crippen LogP contribution in [0, 0.1) is 23.1 Å². The lowest BCUT2D eigenvalue weighted by Crippen LogP contribution is -2.19. The van der Waals surface area contributed by atoms with E-state index in [1.165, 1.54) is 12.1 Å². The third kappa shape index (κ3) is 5.39. The first-order valence-corrected chi connectivity index (χ1v) is 8.19. The number of amidine groups is 1. The predicted octanol–water partition coefficient (Wildman–Crippen LogP) is 2.71. The highest BCUT2D eigenvalue weighted by atomic mass is 35.5. The number of nitrogens with one attached hydrogen (secondary N) is 1. The first kappa shape index (κ1) is 21.1. The molecule has 1 aromatic carbocycles. The van der Waals surface area contributed by atoms with Crippen LogP contribution in [0.4, 0.5) is 4.39 Å². The SMILES string of the molecule is Cl.N=C(N)CC(=O)COCc1nc2ccccn2c1C#Cc1ccc(F)cc1. The highest BCUT2D eigenvalue weighted by Gasteiger charge is 2.11. The Morgan fingerprint density at radius 3 is 2.68 bits per heavy atom. The van der Waals surface area contributed by atoms with Crippen LogP contribution in [0.3, 0.4) is 0 Å². The number of Topliss-reactive ketones (excluding diaryl/α,β-unsaturated/α-hetero) is 1. The van der Waals surface area contributed by atoms with Crippen LogP contribution in [-0.4, -0.2) is 27.6 Å². The highest BCUT2D eigenvalue weighted by molar-refractivity contribution is 5.99. The monoisotopic (exact) mass is 400 g/mol. The molecule has 0 radical (unpaired) electrons. The Balaban J connectivity index is 0.00000280. The molecule has 0 aliphatic heterocycles. The number of aromatic nitrogens is 2. The molecule has 0 unspecified atom stereocenters. The summed E-state index contributed by atoms with van der Waals surface area (Å²) in [5.74, 6) is 5.25. The van der Waals surface area contributed by atoms with Gasteiger partial charge in [-0.1, -0.05) is 12.0 Å². The standard InChI is InChI=1S/C20H17FN4O2.ClH/c21-15-7-4-14(5-8-15)6-9-18-17(13-27-12-16(26)11-19(22)23)24-20-3-1-2-10-25(18)20;/h1-5,7-8,10H,11-13H2,(H3,22,23);1H. The number of carbonyl (C=O) groups excluding carboxylic acids is 1. The number of ketones is 1. The van der Waals surface area contributed by atoms with Crippen LogP contribution in [0.15, 0.2) is 48.7 Å². The molecule has 28 heavy (non-hydrogen) atoms. The Bertz CT molecular complexity index is 1050. The number of rotatable bonds is 6. The molecule has 3 rings (SSSR count). The van der Waals surface area contributed by atoms with Crippen molar-refractivity contribution in [2.75, 3.05) is 6.61 Å². The first-order chi connectivity index (χ1) is 13.0. The molecule has 6 nitrogen and oxygen atoms in total. The summed E-state index contributed by atoms with van der Waals surface area (Å²) in [6.45, 7) is -0.0585. The van der Waals surface area contributed by atoms with Gasteiger partial charge in [0, 0.05) is 11.8 Å². The number of nitrogens with two attached hydrogens (primary N) is 1. The van der Waals surface area contributed by atoms with Gasteiger partial charge in [0.25, 0.3) is 0 Å². The summed E-state index contributed by atoms with van der Waals surface area (Å²) in [7, 11) is 0. The highest BCUT2D eigenvalue weighted by Crippen LogP contribution is 2.13. The van der Waals surface area contributed by atoms with Crippen molar-refractivity contribution in [3.05, 3.63) is 71.4 Å². The molecule has 3 N–H and O–H groups in total. The number of pyridine rings is 1. The molecule has 0 atom stereocenters. The number of hydrogen-bond acceptors (Lipinski definition) is 4. The molecule has 0 saturated carbocycles. The predicted molar refractivity (Wildman–Crippen MR) is 106 cm³/mol. The van der Waals surface area contributed by atoms with Crippen LogP contribution >= 0.6 is 12.4 Å². The van der Waals surface area contributed by atoms with Crippen molar-refractivity contribution in [2.24, 2.45) is 5.73 Å². The van der Waals surface area contributed by atoms with Crippen molar-refractivity contribution in [3.8, 4) is 11.8 Å². The number of fused-ring (bicyclic) bond motifs is 1. The van der Waals surface area contributed by atoms with Gasteiger partial charge < -0.3 is 10.5 Å². The molecular weight excluding hydrogens is 383 g/mol. The topological polar surface area (TPSA) is 93.5 Å². The maximum atomic E-state index is 13.0. The molecule has 0 bridgehead atoms. The van der Waals surface area contributed by atoms with Crippen molar-refractivity contribution >= 4 is 29.7 Å². The normalized spacial score (nSPS) is 10.0. The third-order valence-electron chi connectivity index (χ3n) is 3.66. The average Bonchev–Trinajstić information content (AvgIpc) is 2.98. The van der Waals surface area contributed by atoms with E-state index in [2.05, 4.69) is 16.8 Å². The van der Waals surface area contributed by atoms with Crippen LogP contribution < -0.4 is 5.73 Å². The molecule has 8 heteroatoms. The second-order valence-electron chi connectivity index (χ2n) is 5.83. The van der Waals surface area contributed by atoms with Gasteiger partial charge in [0.15, 0.2) is 5.78 Å². The quantitative estimate of drug-likeness (QED) is 0.378. The fourth-order valence-corrected chi connectivity index (χ4v) is 2.47. The van der Waals surface area contributed by atoms with Gasteiger partial charge in [-0.2, -0.15) is 0 Å². The minimum absolute atomic E-state index is 0. The summed E-state index contributed by atoms with van der Waals surface area (Å²) in [6, 6.07) is 11.5. The molecule has 2 aromatic heterocycles. The minimum atomic E-state index is -0.320. The Morgan fingerprint density at radius 1 is 1.21 bits per heavy atom. The van der Waals surface area contributed by atoms with Gasteiger partial charge >= 0.3 is 0 Å². The summed E-state index contributed by atoms with van der Waals surface area (Å²) >= 11 is 0. The van der Waals surface area contributed by atoms with Gasteiger partial charge in [0.05, 0.1) is 18.9 Å². The molecule has 0 aliphatic carbocycles. The van der Waals surface area contributed by atoms with Gasteiger partial charge in [-0.3, -0.25) is 14.6 Å². The Labute approximate surface area is 167 Å². The number of ether oxygens (including phenoxy) is 1. The molecule has 0 aliphatic rings. The van der Waals surface area contributed by atoms with Crippen LogP contribution in [0.2, 0.25) is 0 Å². The van der Waals surface area contributed by atoms with Gasteiger partial charge in [-0.15, -0.1) is 12.4 Å². The zero-order chi connectivity index (χ0) is 19.2. The van der Waals surface area contributed by atoms with Gasteiger partial charge in [-0.25, -0.2) is 9.37 Å². The van der Waals surface area contributed by atoms with Crippen molar-refractivity contribution in [3.63, 3.8) is 0 Å². The van der Waals surface area contributed by atoms with E-state index < -0.39 is 0 Å². The second kappa shape index (κ2) is 9.65. The van der Waals surface area contributed by atoms with E-state index in [0.29, 0.717) is 22.6 Å². The van der Waals surface area contributed by atoms with Gasteiger partial charge in [0.1, 0.15) is 29.5 Å². The van der Waals surface area contributed by atoms with Crippen LogP contribution in [0.1, 0.15) is 23.4 Å². The van der Waals surface area contributed by atoms with Crippen molar-refractivity contribution in [1.82, 2.24) is 9.38 Å². The smallest absolute Gasteiger partial charge is 0.165 e. The second-order valence-corrected chi connectivity index (χ2v) is 5.83. The number of hydrogen-bond donors (Lipinski definition) is 2. The summed E-state index contributed by atoms with van der Waals surface area (Å²) in [5, 5.41) is 7.13. The molecule has 144 valence electrons. The van der Waals surface area contributed by atoms with Crippen molar-refractivity contribution in [1.29, 1.82) is 5.41 Å². The average molecular weight is 401 g/mol. The number of imidazole rings is 1. The van der Waals surface area contributed by atoms with Crippen LogP contribution in [0.5, 0.6) is 0 Å². The van der Waals surface area contributed by atoms with Crippen LogP contribution in [-0.2, 0) is 16.1 Å². The fourth-order valence-electron chi connectivity index (χ4n) is 2.47. The number of benzene rings is 1. The molecule has 0 spiro atoms. The number of nitrogens with zero attached hydrogens (tertiary/aromatic N) is 2. The van der Waals surface area contributed by atoms with Gasteiger partial charge in [0.2, 0.25) is 0 Å². The summed E-state index contributed by atoms with van der Waals surface area (Å²) in [5.41, 5.74) is 7.80. The molecule has 2 heterocycles. The van der Waals surface area contributed by atoms with E-state index in [1.807, 2.05) is 28.8 Å². The van der Waals surface area contributed by atoms with E-state index in [1.54, 1.807) is 12.1 Å². The maximum absolute atomic E-state index is 13.0. The summed E-state index contributed by atoms with van der Waals surface area (Å²) in [6.07, 6.45) is 1.70. The lowest BCUT2D eigenvalue weighted by molar-refractivity contribution is -0.122. The fraction of sp³-hybridized carbons (Fsp3) is 0.150. The van der Waals surface area contributed by atoms with Crippen molar-refractivity contribution in [2.45, 2.75) is 13.0 Å². The zero-order valence-electron chi connectivity index (χ0n) is 14.8. The molecule has 0 saturated heterocycles. The Kier molecular flexibility index (Phi) is 7.27. The number of carbonyl (C=O) groups is 1. The van der Waals surface area contributed by atoms with E-state index in [9.17, 15) is 9.18 Å². The molecule has 3 aromatic rings. The van der Waals surface area contributed by atoms with E-state index >= 15 is 0 Å². The Hall–Kier alpha value is -3.21. The van der Waals surface area contributed by atoms with E-state index in [0.717, 1.165) is 0 Å². The lowest BCUT2D eigenvalue weighted by Gasteiger charge is -2.02. The number of halogens is 2. The minimum Gasteiger partial charge on any atom is -0.387 e. The summed E-state index contributed by atoms with van der Waals surface area (Å²) < 4.78 is 20.3. The maximum Gasteiger partial charge on any atom is 0.165 e. The Morgan fingerprint density at radius 2 is 1.96 bits per heavy atom. The molecule has 0 fully saturated rings. The molecule has 0 amide bonds. The first-order valence-electron chi connectivity index (χ1n) is 8.19.